The average Bonchev–Trinajstić information content (AvgIpc) is 2.19. The quantitative estimate of drug-likeness (QED) is 0.689. The lowest BCUT2D eigenvalue weighted by atomic mass is 10.0. The van der Waals surface area contributed by atoms with Crippen molar-refractivity contribution in [3.05, 3.63) is 57.7 Å². The smallest absolute Gasteiger partial charge is 0.0136 e. The number of rotatable bonds is 1. The van der Waals surface area contributed by atoms with Crippen molar-refractivity contribution in [2.75, 3.05) is 0 Å². The molecule has 0 aromatic heterocycles. The predicted molar refractivity (Wildman–Crippen MR) is 69.3 cm³/mol. The van der Waals surface area contributed by atoms with Crippen molar-refractivity contribution in [2.45, 2.75) is 6.92 Å². The zero-order valence-corrected chi connectivity index (χ0v) is 10.2. The summed E-state index contributed by atoms with van der Waals surface area (Å²) in [6, 6.07) is 17.2. The molecule has 0 spiro atoms. The van der Waals surface area contributed by atoms with Crippen molar-refractivity contribution in [1.29, 1.82) is 0 Å². The van der Waals surface area contributed by atoms with Crippen LogP contribution in [0.1, 0.15) is 5.56 Å². The Morgan fingerprint density at radius 3 is 2.21 bits per heavy atom. The number of benzene rings is 2. The van der Waals surface area contributed by atoms with Crippen LogP contribution in [0.2, 0.25) is 0 Å². The second-order valence-electron chi connectivity index (χ2n) is 3.38. The number of aryl methyl sites for hydroxylation is 1. The Morgan fingerprint density at radius 1 is 0.857 bits per heavy atom. The summed E-state index contributed by atoms with van der Waals surface area (Å²) in [7, 11) is 0. The summed E-state index contributed by atoms with van der Waals surface area (Å²) in [6.45, 7) is 2.11. The molecule has 0 aliphatic carbocycles. The summed E-state index contributed by atoms with van der Waals surface area (Å²) in [5, 5.41) is 0. The summed E-state index contributed by atoms with van der Waals surface area (Å²) in [4.78, 5) is 0. The molecule has 0 N–H and O–H groups in total. The van der Waals surface area contributed by atoms with Gasteiger partial charge in [0.2, 0.25) is 0 Å². The molecule has 1 heteroatoms. The van der Waals surface area contributed by atoms with Crippen molar-refractivity contribution in [2.24, 2.45) is 0 Å². The molecule has 0 radical (unpaired) electrons. The van der Waals surface area contributed by atoms with E-state index in [9.17, 15) is 0 Å². The van der Waals surface area contributed by atoms with Crippen LogP contribution in [0.4, 0.5) is 0 Å². The molecule has 0 nitrogen and oxygen atoms in total. The molecule has 0 bridgehead atoms. The SMILES string of the molecule is Cc1ccc(-c2cccc(I)c2)cc1. The Hall–Kier alpha value is -0.830. The minimum absolute atomic E-state index is 1.28. The third-order valence-electron chi connectivity index (χ3n) is 2.21. The van der Waals surface area contributed by atoms with Crippen LogP contribution in [0.3, 0.4) is 0 Å². The van der Waals surface area contributed by atoms with Gasteiger partial charge in [-0.05, 0) is 52.8 Å². The fraction of sp³-hybridized carbons (Fsp3) is 0.0769. The van der Waals surface area contributed by atoms with Gasteiger partial charge >= 0.3 is 0 Å². The zero-order valence-electron chi connectivity index (χ0n) is 8.00. The largest absolute Gasteiger partial charge is 0.0606 e. The molecule has 0 fully saturated rings. The minimum Gasteiger partial charge on any atom is -0.0606 e. The summed E-state index contributed by atoms with van der Waals surface area (Å²) in [5.74, 6) is 0. The van der Waals surface area contributed by atoms with E-state index >= 15 is 0 Å². The second-order valence-corrected chi connectivity index (χ2v) is 4.62. The van der Waals surface area contributed by atoms with E-state index in [4.69, 9.17) is 0 Å². The van der Waals surface area contributed by atoms with Gasteiger partial charge in [0.1, 0.15) is 0 Å². The van der Waals surface area contributed by atoms with Gasteiger partial charge in [0.05, 0.1) is 0 Å². The van der Waals surface area contributed by atoms with Gasteiger partial charge in [0, 0.05) is 3.57 Å². The Balaban J connectivity index is 2.44. The highest BCUT2D eigenvalue weighted by atomic mass is 127. The van der Waals surface area contributed by atoms with Crippen molar-refractivity contribution >= 4 is 22.6 Å². The molecular formula is C13H11I. The van der Waals surface area contributed by atoms with Gasteiger partial charge in [-0.3, -0.25) is 0 Å². The van der Waals surface area contributed by atoms with E-state index in [1.807, 2.05) is 0 Å². The molecule has 14 heavy (non-hydrogen) atoms. The molecule has 0 saturated carbocycles. The highest BCUT2D eigenvalue weighted by Gasteiger charge is 1.96. The first kappa shape index (κ1) is 9.71. The van der Waals surface area contributed by atoms with Crippen LogP contribution in [0, 0.1) is 10.5 Å². The molecule has 2 rings (SSSR count). The summed E-state index contributed by atoms with van der Waals surface area (Å²) in [6.07, 6.45) is 0. The van der Waals surface area contributed by atoms with Crippen molar-refractivity contribution in [1.82, 2.24) is 0 Å². The topological polar surface area (TPSA) is 0 Å². The van der Waals surface area contributed by atoms with Crippen LogP contribution in [0.15, 0.2) is 48.5 Å². The second kappa shape index (κ2) is 4.13. The Labute approximate surface area is 98.1 Å². The van der Waals surface area contributed by atoms with E-state index in [0.717, 1.165) is 0 Å². The molecule has 2 aromatic rings. The van der Waals surface area contributed by atoms with E-state index in [1.165, 1.54) is 20.3 Å². The molecule has 0 heterocycles. The van der Waals surface area contributed by atoms with Crippen molar-refractivity contribution < 1.29 is 0 Å². The fourth-order valence-electron chi connectivity index (χ4n) is 1.41. The maximum Gasteiger partial charge on any atom is 0.0136 e. The van der Waals surface area contributed by atoms with Crippen LogP contribution in [0.25, 0.3) is 11.1 Å². The fourth-order valence-corrected chi connectivity index (χ4v) is 1.96. The summed E-state index contributed by atoms with van der Waals surface area (Å²) in [5.41, 5.74) is 3.88. The molecule has 0 unspecified atom stereocenters. The normalized spacial score (nSPS) is 10.1. The van der Waals surface area contributed by atoms with E-state index in [0.29, 0.717) is 0 Å². The molecular weight excluding hydrogens is 283 g/mol. The van der Waals surface area contributed by atoms with Gasteiger partial charge < -0.3 is 0 Å². The lowest BCUT2D eigenvalue weighted by Crippen LogP contribution is -1.79. The highest BCUT2D eigenvalue weighted by Crippen LogP contribution is 2.21. The third-order valence-corrected chi connectivity index (χ3v) is 2.88. The molecule has 0 aliphatic rings. The van der Waals surface area contributed by atoms with E-state index in [-0.39, 0.29) is 0 Å². The van der Waals surface area contributed by atoms with Gasteiger partial charge in [-0.1, -0.05) is 42.0 Å². The van der Waals surface area contributed by atoms with Gasteiger partial charge in [-0.15, -0.1) is 0 Å². The first-order valence-corrected chi connectivity index (χ1v) is 5.66. The lowest BCUT2D eigenvalue weighted by molar-refractivity contribution is 1.47. The highest BCUT2D eigenvalue weighted by molar-refractivity contribution is 14.1. The third kappa shape index (κ3) is 2.15. The van der Waals surface area contributed by atoms with E-state index in [2.05, 4.69) is 78.0 Å². The van der Waals surface area contributed by atoms with Crippen molar-refractivity contribution in [3.63, 3.8) is 0 Å². The molecule has 0 aliphatic heterocycles. The summed E-state index contributed by atoms with van der Waals surface area (Å²) < 4.78 is 1.28. The number of halogens is 1. The van der Waals surface area contributed by atoms with Crippen LogP contribution >= 0.6 is 22.6 Å². The van der Waals surface area contributed by atoms with Gasteiger partial charge in [0.25, 0.3) is 0 Å². The first-order valence-electron chi connectivity index (χ1n) is 4.58. The Morgan fingerprint density at radius 2 is 1.57 bits per heavy atom. The maximum absolute atomic E-state index is 2.34. The Bertz CT molecular complexity index is 429. The molecule has 0 saturated heterocycles. The van der Waals surface area contributed by atoms with E-state index in [1.54, 1.807) is 0 Å². The van der Waals surface area contributed by atoms with Gasteiger partial charge in [-0.2, -0.15) is 0 Å². The van der Waals surface area contributed by atoms with Crippen LogP contribution in [0.5, 0.6) is 0 Å². The number of hydrogen-bond acceptors (Lipinski definition) is 0. The average molecular weight is 294 g/mol. The summed E-state index contributed by atoms with van der Waals surface area (Å²) >= 11 is 2.34. The predicted octanol–water partition coefficient (Wildman–Crippen LogP) is 4.27. The molecule has 0 amide bonds. The van der Waals surface area contributed by atoms with Crippen LogP contribution in [-0.2, 0) is 0 Å². The molecule has 2 aromatic carbocycles. The Kier molecular flexibility index (Phi) is 2.87. The zero-order chi connectivity index (χ0) is 9.97. The van der Waals surface area contributed by atoms with Gasteiger partial charge in [-0.25, -0.2) is 0 Å². The minimum atomic E-state index is 1.28. The van der Waals surface area contributed by atoms with Crippen LogP contribution < -0.4 is 0 Å². The first-order chi connectivity index (χ1) is 6.75. The van der Waals surface area contributed by atoms with E-state index < -0.39 is 0 Å². The molecule has 70 valence electrons. The number of hydrogen-bond donors (Lipinski definition) is 0. The van der Waals surface area contributed by atoms with Crippen LogP contribution in [-0.4, -0.2) is 0 Å². The van der Waals surface area contributed by atoms with Gasteiger partial charge in [0.15, 0.2) is 0 Å². The lowest BCUT2D eigenvalue weighted by Gasteiger charge is -2.02. The standard InChI is InChI=1S/C13H11I/c1-10-5-7-11(8-6-10)12-3-2-4-13(14)9-12/h2-9H,1H3. The monoisotopic (exact) mass is 294 g/mol. The maximum atomic E-state index is 2.34. The molecule has 0 atom stereocenters. The van der Waals surface area contributed by atoms with Crippen molar-refractivity contribution in [3.8, 4) is 11.1 Å².